The first-order valence-corrected chi connectivity index (χ1v) is 5.82. The SMILES string of the molecule is CC(CNCc1ccco1)n1ccc(C(F)(F)F)n1. The number of alkyl halides is 3. The van der Waals surface area contributed by atoms with Gasteiger partial charge in [0.1, 0.15) is 5.76 Å². The molecule has 0 radical (unpaired) electrons. The van der Waals surface area contributed by atoms with E-state index in [2.05, 4.69) is 10.4 Å². The molecule has 0 aliphatic rings. The minimum Gasteiger partial charge on any atom is -0.468 e. The second-order valence-corrected chi connectivity index (χ2v) is 4.24. The third kappa shape index (κ3) is 3.60. The zero-order valence-electron chi connectivity index (χ0n) is 10.3. The van der Waals surface area contributed by atoms with Crippen molar-refractivity contribution in [2.24, 2.45) is 0 Å². The lowest BCUT2D eigenvalue weighted by Crippen LogP contribution is -2.23. The van der Waals surface area contributed by atoms with Crippen LogP contribution in [-0.2, 0) is 12.7 Å². The Hall–Kier alpha value is -1.76. The summed E-state index contributed by atoms with van der Waals surface area (Å²) in [5, 5.41) is 6.62. The molecule has 7 heteroatoms. The highest BCUT2D eigenvalue weighted by molar-refractivity contribution is 5.04. The molecule has 4 nitrogen and oxygen atoms in total. The van der Waals surface area contributed by atoms with Crippen molar-refractivity contribution in [3.05, 3.63) is 42.1 Å². The topological polar surface area (TPSA) is 43.0 Å². The van der Waals surface area contributed by atoms with E-state index in [1.165, 1.54) is 10.9 Å². The van der Waals surface area contributed by atoms with Crippen molar-refractivity contribution in [2.75, 3.05) is 6.54 Å². The van der Waals surface area contributed by atoms with E-state index in [4.69, 9.17) is 4.42 Å². The molecule has 0 aliphatic carbocycles. The Bertz CT molecular complexity index is 505. The van der Waals surface area contributed by atoms with Gasteiger partial charge in [-0.05, 0) is 25.1 Å². The Kier molecular flexibility index (Phi) is 3.94. The Balaban J connectivity index is 1.86. The summed E-state index contributed by atoms with van der Waals surface area (Å²) in [6.07, 6.45) is -1.49. The highest BCUT2D eigenvalue weighted by Crippen LogP contribution is 2.27. The van der Waals surface area contributed by atoms with Gasteiger partial charge in [-0.15, -0.1) is 0 Å². The van der Waals surface area contributed by atoms with E-state index in [0.717, 1.165) is 11.8 Å². The Labute approximate surface area is 108 Å². The molecule has 0 amide bonds. The Morgan fingerprint density at radius 3 is 2.79 bits per heavy atom. The van der Waals surface area contributed by atoms with Crippen LogP contribution in [0, 0.1) is 0 Å². The first kappa shape index (κ1) is 13.7. The normalized spacial score (nSPS) is 13.7. The van der Waals surface area contributed by atoms with Gasteiger partial charge in [-0.2, -0.15) is 18.3 Å². The summed E-state index contributed by atoms with van der Waals surface area (Å²) in [7, 11) is 0. The van der Waals surface area contributed by atoms with E-state index in [-0.39, 0.29) is 6.04 Å². The summed E-state index contributed by atoms with van der Waals surface area (Å²) >= 11 is 0. The molecule has 2 heterocycles. The predicted molar refractivity (Wildman–Crippen MR) is 62.4 cm³/mol. The van der Waals surface area contributed by atoms with Crippen LogP contribution in [0.4, 0.5) is 13.2 Å². The van der Waals surface area contributed by atoms with E-state index in [1.54, 1.807) is 19.3 Å². The fraction of sp³-hybridized carbons (Fsp3) is 0.417. The van der Waals surface area contributed by atoms with Gasteiger partial charge in [0.25, 0.3) is 0 Å². The van der Waals surface area contributed by atoms with Gasteiger partial charge in [-0.25, -0.2) is 0 Å². The van der Waals surface area contributed by atoms with Gasteiger partial charge < -0.3 is 9.73 Å². The van der Waals surface area contributed by atoms with Crippen LogP contribution in [0.1, 0.15) is 24.4 Å². The molecule has 2 aromatic rings. The molecule has 2 rings (SSSR count). The van der Waals surface area contributed by atoms with E-state index in [1.807, 2.05) is 6.07 Å². The molecule has 0 saturated heterocycles. The van der Waals surface area contributed by atoms with Crippen LogP contribution in [-0.4, -0.2) is 16.3 Å². The van der Waals surface area contributed by atoms with Gasteiger partial charge in [0.05, 0.1) is 18.8 Å². The van der Waals surface area contributed by atoms with Gasteiger partial charge in [-0.1, -0.05) is 0 Å². The van der Waals surface area contributed by atoms with E-state index in [0.29, 0.717) is 13.1 Å². The van der Waals surface area contributed by atoms with E-state index < -0.39 is 11.9 Å². The second-order valence-electron chi connectivity index (χ2n) is 4.24. The monoisotopic (exact) mass is 273 g/mol. The van der Waals surface area contributed by atoms with Gasteiger partial charge in [0, 0.05) is 12.7 Å². The lowest BCUT2D eigenvalue weighted by atomic mass is 10.3. The van der Waals surface area contributed by atoms with Crippen LogP contribution in [0.5, 0.6) is 0 Å². The summed E-state index contributed by atoms with van der Waals surface area (Å²) < 4.78 is 43.6. The number of aromatic nitrogens is 2. The molecule has 2 aromatic heterocycles. The van der Waals surface area contributed by atoms with Crippen LogP contribution < -0.4 is 5.32 Å². The molecule has 0 spiro atoms. The van der Waals surface area contributed by atoms with E-state index >= 15 is 0 Å². The van der Waals surface area contributed by atoms with Crippen LogP contribution in [0.15, 0.2) is 35.1 Å². The minimum atomic E-state index is -4.40. The highest BCUT2D eigenvalue weighted by Gasteiger charge is 2.33. The number of rotatable bonds is 5. The van der Waals surface area contributed by atoms with Crippen LogP contribution in [0.3, 0.4) is 0 Å². The number of halogens is 3. The highest BCUT2D eigenvalue weighted by atomic mass is 19.4. The predicted octanol–water partition coefficient (Wildman–Crippen LogP) is 2.85. The number of hydrogen-bond acceptors (Lipinski definition) is 3. The summed E-state index contributed by atoms with van der Waals surface area (Å²) in [6, 6.07) is 4.41. The molecule has 0 fully saturated rings. The van der Waals surface area contributed by atoms with Crippen LogP contribution in [0.25, 0.3) is 0 Å². The number of nitrogens with zero attached hydrogens (tertiary/aromatic N) is 2. The average Bonchev–Trinajstić information content (AvgIpc) is 2.99. The zero-order valence-corrected chi connectivity index (χ0v) is 10.3. The molecule has 1 atom stereocenters. The Morgan fingerprint density at radius 1 is 1.42 bits per heavy atom. The van der Waals surface area contributed by atoms with Crippen molar-refractivity contribution in [3.63, 3.8) is 0 Å². The smallest absolute Gasteiger partial charge is 0.435 e. The van der Waals surface area contributed by atoms with E-state index in [9.17, 15) is 13.2 Å². The number of furan rings is 1. The molecule has 1 unspecified atom stereocenters. The molecule has 0 aliphatic heterocycles. The largest absolute Gasteiger partial charge is 0.468 e. The van der Waals surface area contributed by atoms with Crippen molar-refractivity contribution in [3.8, 4) is 0 Å². The van der Waals surface area contributed by atoms with Crippen molar-refractivity contribution >= 4 is 0 Å². The number of nitrogens with one attached hydrogen (secondary N) is 1. The quantitative estimate of drug-likeness (QED) is 0.911. The molecule has 0 aromatic carbocycles. The van der Waals surface area contributed by atoms with Crippen molar-refractivity contribution in [2.45, 2.75) is 25.7 Å². The van der Waals surface area contributed by atoms with Gasteiger partial charge in [-0.3, -0.25) is 4.68 Å². The standard InChI is InChI=1S/C12H14F3N3O/c1-9(7-16-8-10-3-2-6-19-10)18-5-4-11(17-18)12(13,14)15/h2-6,9,16H,7-8H2,1H3. The van der Waals surface area contributed by atoms with Crippen molar-refractivity contribution in [1.29, 1.82) is 0 Å². The van der Waals surface area contributed by atoms with Crippen LogP contribution >= 0.6 is 0 Å². The molecule has 104 valence electrons. The van der Waals surface area contributed by atoms with Crippen molar-refractivity contribution in [1.82, 2.24) is 15.1 Å². The minimum absolute atomic E-state index is 0.175. The first-order valence-electron chi connectivity index (χ1n) is 5.82. The third-order valence-electron chi connectivity index (χ3n) is 2.67. The zero-order chi connectivity index (χ0) is 13.9. The average molecular weight is 273 g/mol. The molecule has 0 bridgehead atoms. The molecular weight excluding hydrogens is 259 g/mol. The summed E-state index contributed by atoms with van der Waals surface area (Å²) in [5.41, 5.74) is -0.870. The second kappa shape index (κ2) is 5.48. The lowest BCUT2D eigenvalue weighted by molar-refractivity contribution is -0.141. The first-order chi connectivity index (χ1) is 8.97. The summed E-state index contributed by atoms with van der Waals surface area (Å²) in [4.78, 5) is 0. The Morgan fingerprint density at radius 2 is 2.21 bits per heavy atom. The molecule has 0 saturated carbocycles. The lowest BCUT2D eigenvalue weighted by Gasteiger charge is -2.12. The van der Waals surface area contributed by atoms with Gasteiger partial charge in [0.15, 0.2) is 5.69 Å². The third-order valence-corrected chi connectivity index (χ3v) is 2.67. The number of hydrogen-bond donors (Lipinski definition) is 1. The molecular formula is C12H14F3N3O. The van der Waals surface area contributed by atoms with Gasteiger partial charge >= 0.3 is 6.18 Å². The maximum Gasteiger partial charge on any atom is 0.435 e. The van der Waals surface area contributed by atoms with Gasteiger partial charge in [0.2, 0.25) is 0 Å². The molecule has 1 N–H and O–H groups in total. The summed E-state index contributed by atoms with van der Waals surface area (Å²) in [5.74, 6) is 0.781. The maximum absolute atomic E-state index is 12.4. The molecule has 19 heavy (non-hydrogen) atoms. The van der Waals surface area contributed by atoms with Crippen molar-refractivity contribution < 1.29 is 17.6 Å². The fourth-order valence-corrected chi connectivity index (χ4v) is 1.65. The fourth-order valence-electron chi connectivity index (χ4n) is 1.65. The summed E-state index contributed by atoms with van der Waals surface area (Å²) in [6.45, 7) is 2.83. The maximum atomic E-state index is 12.4. The van der Waals surface area contributed by atoms with Crippen LogP contribution in [0.2, 0.25) is 0 Å².